The van der Waals surface area contributed by atoms with Gasteiger partial charge >= 0.3 is 11.8 Å². The van der Waals surface area contributed by atoms with Gasteiger partial charge < -0.3 is 15.1 Å². The molecule has 0 aliphatic carbocycles. The van der Waals surface area contributed by atoms with E-state index in [-0.39, 0.29) is 11.9 Å². The number of carbonyl (C=O) groups excluding carboxylic acids is 3. The van der Waals surface area contributed by atoms with Gasteiger partial charge in [-0.1, -0.05) is 20.8 Å². The van der Waals surface area contributed by atoms with Gasteiger partial charge in [0, 0.05) is 36.5 Å². The first kappa shape index (κ1) is 21.9. The molecule has 156 valence electrons. The first-order valence-corrected chi connectivity index (χ1v) is 13.3. The number of nitrogens with zero attached hydrogens (tertiary/aromatic N) is 5. The number of carbonyl (C=O) groups is 3. The van der Waals surface area contributed by atoms with Gasteiger partial charge in [0.2, 0.25) is 5.91 Å². The van der Waals surface area contributed by atoms with Crippen molar-refractivity contribution in [3.8, 4) is 0 Å². The predicted molar refractivity (Wildman–Crippen MR) is 121 cm³/mol. The third-order valence-corrected chi connectivity index (χ3v) is 6.72. The van der Waals surface area contributed by atoms with E-state index < -0.39 is 17.2 Å². The van der Waals surface area contributed by atoms with Gasteiger partial charge in [0.05, 0.1) is 36.2 Å². The predicted octanol–water partition coefficient (Wildman–Crippen LogP) is 2.27. The number of anilines is 1. The van der Waals surface area contributed by atoms with E-state index in [2.05, 4.69) is 37.4 Å². The molecule has 3 rings (SSSR count). The normalized spacial score (nSPS) is 17.9. The number of pyridine rings is 1. The fourth-order valence-corrected chi connectivity index (χ4v) is 4.83. The number of rotatable bonds is 2. The molecule has 0 saturated carbocycles. The largest absolute Gasteiger partial charge is 0.336 e. The molecule has 0 spiro atoms. The minimum absolute atomic E-state index is 0.0484. The van der Waals surface area contributed by atoms with Crippen molar-refractivity contribution >= 4 is 62.7 Å². The van der Waals surface area contributed by atoms with Gasteiger partial charge in [0.25, 0.3) is 0 Å². The lowest BCUT2D eigenvalue weighted by Crippen LogP contribution is -2.58. The summed E-state index contributed by atoms with van der Waals surface area (Å²) in [6, 6.07) is -0.153. The highest BCUT2D eigenvalue weighted by molar-refractivity contribution is 14.2. The Morgan fingerprint density at radius 3 is 2.55 bits per heavy atom. The molecule has 9 nitrogen and oxygen atoms in total. The molecule has 2 unspecified atom stereocenters. The molecule has 2 atom stereocenters. The summed E-state index contributed by atoms with van der Waals surface area (Å²) >= 11 is 2.21. The van der Waals surface area contributed by atoms with Gasteiger partial charge in [0.1, 0.15) is 0 Å². The van der Waals surface area contributed by atoms with Gasteiger partial charge in [-0.05, 0) is 29.0 Å². The molecule has 1 N–H and O–H groups in total. The summed E-state index contributed by atoms with van der Waals surface area (Å²) in [4.78, 5) is 45.2. The van der Waals surface area contributed by atoms with Crippen LogP contribution in [0.3, 0.4) is 0 Å². The summed E-state index contributed by atoms with van der Waals surface area (Å²) in [5.41, 5.74) is 0.772. The molecule has 0 radical (unpaired) electrons. The van der Waals surface area contributed by atoms with E-state index in [4.69, 9.17) is 0 Å². The van der Waals surface area contributed by atoms with E-state index >= 15 is 0 Å². The number of halogens is 1. The van der Waals surface area contributed by atoms with Crippen molar-refractivity contribution in [1.29, 1.82) is 0 Å². The standard InChI is InChI=1S/C18H24IN6O3P/c1-11-10-23(5-6-24(11)17(28)18(2,3)4)16(27)15(26)22-13-8-20-9-14-12(13)7-21-25(14)29-19/h7-9,11,29H,5-6,10H2,1-4H3,(H,22,26). The second-order valence-electron chi connectivity index (χ2n) is 8.06. The molecule has 3 heterocycles. The van der Waals surface area contributed by atoms with E-state index in [1.165, 1.54) is 11.1 Å². The molecule has 2 aromatic rings. The van der Waals surface area contributed by atoms with Gasteiger partial charge in [-0.2, -0.15) is 5.10 Å². The Labute approximate surface area is 183 Å². The van der Waals surface area contributed by atoms with E-state index in [9.17, 15) is 14.4 Å². The third kappa shape index (κ3) is 4.53. The molecule has 2 aromatic heterocycles. The van der Waals surface area contributed by atoms with Crippen molar-refractivity contribution in [3.63, 3.8) is 0 Å². The average Bonchev–Trinajstić information content (AvgIpc) is 3.10. The fraction of sp³-hybridized carbons (Fsp3) is 0.500. The van der Waals surface area contributed by atoms with Crippen LogP contribution in [-0.4, -0.2) is 67.7 Å². The van der Waals surface area contributed by atoms with Crippen molar-refractivity contribution < 1.29 is 14.4 Å². The maximum absolute atomic E-state index is 12.7. The van der Waals surface area contributed by atoms with Crippen LogP contribution in [0.15, 0.2) is 18.6 Å². The van der Waals surface area contributed by atoms with Crippen LogP contribution in [0.5, 0.6) is 0 Å². The smallest absolute Gasteiger partial charge is 0.313 e. The molecule has 1 saturated heterocycles. The molecule has 1 aliphatic heterocycles. The van der Waals surface area contributed by atoms with Crippen LogP contribution in [0.2, 0.25) is 0 Å². The van der Waals surface area contributed by atoms with Gasteiger partial charge in [-0.3, -0.25) is 19.4 Å². The quantitative estimate of drug-likeness (QED) is 0.365. The number of piperazine rings is 1. The zero-order valence-corrected chi connectivity index (χ0v) is 19.9. The Hall–Kier alpha value is -1.81. The summed E-state index contributed by atoms with van der Waals surface area (Å²) in [6.07, 6.45) is 5.25. The lowest BCUT2D eigenvalue weighted by molar-refractivity contribution is -0.150. The first-order valence-electron chi connectivity index (χ1n) is 9.23. The van der Waals surface area contributed by atoms with Crippen LogP contribution >= 0.6 is 28.4 Å². The van der Waals surface area contributed by atoms with E-state index in [0.717, 1.165) is 10.9 Å². The van der Waals surface area contributed by atoms with Crippen molar-refractivity contribution in [2.75, 3.05) is 25.0 Å². The number of hydrogen-bond acceptors (Lipinski definition) is 5. The second-order valence-corrected chi connectivity index (χ2v) is 10.1. The summed E-state index contributed by atoms with van der Waals surface area (Å²) in [6.45, 7) is 8.59. The Morgan fingerprint density at radius 1 is 1.21 bits per heavy atom. The lowest BCUT2D eigenvalue weighted by Gasteiger charge is -2.42. The Morgan fingerprint density at radius 2 is 1.93 bits per heavy atom. The van der Waals surface area contributed by atoms with Gasteiger partial charge in [-0.25, -0.2) is 4.45 Å². The van der Waals surface area contributed by atoms with Gasteiger partial charge in [-0.15, -0.1) is 0 Å². The minimum Gasteiger partial charge on any atom is -0.336 e. The molecule has 0 bridgehead atoms. The molecule has 0 aromatic carbocycles. The highest BCUT2D eigenvalue weighted by Gasteiger charge is 2.36. The van der Waals surface area contributed by atoms with Crippen LogP contribution in [0, 0.1) is 5.41 Å². The topological polar surface area (TPSA) is 100 Å². The second kappa shape index (κ2) is 8.51. The third-order valence-electron chi connectivity index (χ3n) is 4.84. The highest BCUT2D eigenvalue weighted by atomic mass is 127. The summed E-state index contributed by atoms with van der Waals surface area (Å²) < 4.78 is 1.79. The summed E-state index contributed by atoms with van der Waals surface area (Å²) in [5, 5.41) is 7.67. The number of amides is 3. The van der Waals surface area contributed by atoms with Crippen LogP contribution in [0.4, 0.5) is 5.69 Å². The zero-order valence-electron chi connectivity index (χ0n) is 16.8. The first-order chi connectivity index (χ1) is 13.6. The van der Waals surface area contributed by atoms with Crippen molar-refractivity contribution in [1.82, 2.24) is 24.3 Å². The van der Waals surface area contributed by atoms with E-state index in [1.807, 2.05) is 27.7 Å². The Balaban J connectivity index is 1.68. The number of nitrogens with one attached hydrogen (secondary N) is 1. The van der Waals surface area contributed by atoms with Crippen LogP contribution < -0.4 is 5.32 Å². The molecule has 1 fully saturated rings. The van der Waals surface area contributed by atoms with E-state index in [1.54, 1.807) is 21.7 Å². The lowest BCUT2D eigenvalue weighted by atomic mass is 9.93. The number of fused-ring (bicyclic) bond motifs is 1. The van der Waals surface area contributed by atoms with Crippen LogP contribution in [0.1, 0.15) is 27.7 Å². The van der Waals surface area contributed by atoms with E-state index in [0.29, 0.717) is 31.7 Å². The molecular weight excluding hydrogens is 506 g/mol. The number of aromatic nitrogens is 3. The highest BCUT2D eigenvalue weighted by Crippen LogP contribution is 2.30. The zero-order chi connectivity index (χ0) is 21.3. The SMILES string of the molecule is CC1CN(C(=O)C(=O)Nc2cncc3c2cnn3PI)CCN1C(=O)C(C)(C)C. The Bertz CT molecular complexity index is 957. The van der Waals surface area contributed by atoms with Gasteiger partial charge in [0.15, 0.2) is 0 Å². The summed E-state index contributed by atoms with van der Waals surface area (Å²) in [7, 11) is 0. The monoisotopic (exact) mass is 530 g/mol. The fourth-order valence-electron chi connectivity index (χ4n) is 3.30. The van der Waals surface area contributed by atoms with Crippen LogP contribution in [0.25, 0.3) is 10.9 Å². The minimum atomic E-state index is -0.716. The van der Waals surface area contributed by atoms with Crippen molar-refractivity contribution in [2.24, 2.45) is 5.41 Å². The number of hydrogen-bond donors (Lipinski definition) is 1. The molecule has 29 heavy (non-hydrogen) atoms. The maximum Gasteiger partial charge on any atom is 0.313 e. The maximum atomic E-state index is 12.7. The summed E-state index contributed by atoms with van der Waals surface area (Å²) in [5.74, 6) is -1.28. The van der Waals surface area contributed by atoms with Crippen molar-refractivity contribution in [3.05, 3.63) is 18.6 Å². The molecular formula is C18H24IN6O3P. The molecule has 3 amide bonds. The average molecular weight is 530 g/mol. The van der Waals surface area contributed by atoms with Crippen molar-refractivity contribution in [2.45, 2.75) is 33.7 Å². The van der Waals surface area contributed by atoms with Crippen LogP contribution in [-0.2, 0) is 14.4 Å². The Kier molecular flexibility index (Phi) is 6.42. The molecule has 1 aliphatic rings. The molecule has 11 heteroatoms.